The molecule has 0 saturated carbocycles. The number of aromatic nitrogens is 1. The number of hydrogen-bond acceptors (Lipinski definition) is 3. The molecule has 1 aromatic rings. The zero-order chi connectivity index (χ0) is 12.5. The lowest BCUT2D eigenvalue weighted by Gasteiger charge is -2.08. The fourth-order valence-electron chi connectivity index (χ4n) is 1.43. The van der Waals surface area contributed by atoms with Crippen LogP contribution in [0.15, 0.2) is 18.3 Å². The number of ether oxygens (including phenoxy) is 1. The molecule has 0 fully saturated rings. The predicted molar refractivity (Wildman–Crippen MR) is 72.1 cm³/mol. The number of pyridine rings is 1. The standard InChI is InChI=1S/C14H24N2O/c1-4-7-15-13-5-8-16-14(10-13)11-17-9-6-12(2)3/h5,8,10,12H,4,6-7,9,11H2,1-3H3,(H,15,16). The van der Waals surface area contributed by atoms with Gasteiger partial charge in [0, 0.05) is 25.0 Å². The molecule has 96 valence electrons. The monoisotopic (exact) mass is 236 g/mol. The first-order chi connectivity index (χ1) is 8.22. The van der Waals surface area contributed by atoms with Gasteiger partial charge in [-0.2, -0.15) is 0 Å². The number of hydrogen-bond donors (Lipinski definition) is 1. The van der Waals surface area contributed by atoms with Gasteiger partial charge in [-0.15, -0.1) is 0 Å². The smallest absolute Gasteiger partial charge is 0.0888 e. The molecule has 0 aliphatic heterocycles. The van der Waals surface area contributed by atoms with E-state index in [9.17, 15) is 0 Å². The van der Waals surface area contributed by atoms with Crippen LogP contribution in [0.4, 0.5) is 5.69 Å². The van der Waals surface area contributed by atoms with Crippen LogP contribution >= 0.6 is 0 Å². The highest BCUT2D eigenvalue weighted by Gasteiger charge is 1.98. The summed E-state index contributed by atoms with van der Waals surface area (Å²) in [5.74, 6) is 0.695. The Morgan fingerprint density at radius 1 is 1.41 bits per heavy atom. The van der Waals surface area contributed by atoms with Crippen LogP contribution in [-0.2, 0) is 11.3 Å². The van der Waals surface area contributed by atoms with Crippen LogP contribution in [0.2, 0.25) is 0 Å². The lowest BCUT2D eigenvalue weighted by molar-refractivity contribution is 0.108. The summed E-state index contributed by atoms with van der Waals surface area (Å²) in [6, 6.07) is 4.05. The van der Waals surface area contributed by atoms with Crippen LogP contribution in [0, 0.1) is 5.92 Å². The van der Waals surface area contributed by atoms with E-state index >= 15 is 0 Å². The summed E-state index contributed by atoms with van der Waals surface area (Å²) in [5.41, 5.74) is 2.12. The van der Waals surface area contributed by atoms with Crippen molar-refractivity contribution in [3.05, 3.63) is 24.0 Å². The first-order valence-electron chi connectivity index (χ1n) is 6.49. The van der Waals surface area contributed by atoms with Crippen molar-refractivity contribution in [2.24, 2.45) is 5.92 Å². The SMILES string of the molecule is CCCNc1ccnc(COCCC(C)C)c1. The Morgan fingerprint density at radius 3 is 2.94 bits per heavy atom. The summed E-state index contributed by atoms with van der Waals surface area (Å²) in [6.45, 7) is 8.98. The van der Waals surface area contributed by atoms with E-state index in [0.29, 0.717) is 12.5 Å². The molecule has 0 unspecified atom stereocenters. The molecule has 0 radical (unpaired) electrons. The molecule has 0 amide bonds. The van der Waals surface area contributed by atoms with E-state index in [-0.39, 0.29) is 0 Å². The maximum atomic E-state index is 5.60. The van der Waals surface area contributed by atoms with E-state index in [1.165, 1.54) is 0 Å². The Hall–Kier alpha value is -1.09. The molecular formula is C14H24N2O. The van der Waals surface area contributed by atoms with Crippen molar-refractivity contribution in [1.82, 2.24) is 4.98 Å². The molecule has 17 heavy (non-hydrogen) atoms. The first kappa shape index (κ1) is 14.0. The first-order valence-corrected chi connectivity index (χ1v) is 6.49. The van der Waals surface area contributed by atoms with Crippen molar-refractivity contribution >= 4 is 5.69 Å². The molecule has 0 aliphatic rings. The summed E-state index contributed by atoms with van der Waals surface area (Å²) in [6.07, 6.45) is 4.06. The third-order valence-electron chi connectivity index (χ3n) is 2.49. The largest absolute Gasteiger partial charge is 0.385 e. The van der Waals surface area contributed by atoms with Gasteiger partial charge in [-0.25, -0.2) is 0 Å². The van der Waals surface area contributed by atoms with Crippen LogP contribution in [0.1, 0.15) is 39.3 Å². The van der Waals surface area contributed by atoms with Gasteiger partial charge in [-0.3, -0.25) is 4.98 Å². The van der Waals surface area contributed by atoms with Crippen LogP contribution in [-0.4, -0.2) is 18.1 Å². The maximum Gasteiger partial charge on any atom is 0.0888 e. The molecule has 1 N–H and O–H groups in total. The van der Waals surface area contributed by atoms with Crippen molar-refractivity contribution in [3.63, 3.8) is 0 Å². The zero-order valence-corrected chi connectivity index (χ0v) is 11.2. The fraction of sp³-hybridized carbons (Fsp3) is 0.643. The molecule has 1 aromatic heterocycles. The molecule has 1 rings (SSSR count). The summed E-state index contributed by atoms with van der Waals surface area (Å²) in [4.78, 5) is 4.30. The van der Waals surface area contributed by atoms with E-state index in [0.717, 1.165) is 37.4 Å². The van der Waals surface area contributed by atoms with Gasteiger partial charge < -0.3 is 10.1 Å². The Balaban J connectivity index is 2.32. The second-order valence-corrected chi connectivity index (χ2v) is 4.70. The second kappa shape index (κ2) is 8.07. The van der Waals surface area contributed by atoms with E-state index in [4.69, 9.17) is 4.74 Å². The van der Waals surface area contributed by atoms with Crippen LogP contribution in [0.3, 0.4) is 0 Å². The van der Waals surface area contributed by atoms with Gasteiger partial charge >= 0.3 is 0 Å². The van der Waals surface area contributed by atoms with Gasteiger partial charge in [0.2, 0.25) is 0 Å². The highest BCUT2D eigenvalue weighted by atomic mass is 16.5. The highest BCUT2D eigenvalue weighted by Crippen LogP contribution is 2.09. The molecule has 3 heteroatoms. The normalized spacial score (nSPS) is 10.8. The minimum absolute atomic E-state index is 0.606. The van der Waals surface area contributed by atoms with Crippen molar-refractivity contribution in [1.29, 1.82) is 0 Å². The Morgan fingerprint density at radius 2 is 2.24 bits per heavy atom. The summed E-state index contributed by atoms with van der Waals surface area (Å²) < 4.78 is 5.60. The lowest BCUT2D eigenvalue weighted by atomic mass is 10.1. The average Bonchev–Trinajstić information content (AvgIpc) is 2.32. The zero-order valence-electron chi connectivity index (χ0n) is 11.2. The summed E-state index contributed by atoms with van der Waals surface area (Å²) >= 11 is 0. The van der Waals surface area contributed by atoms with Gasteiger partial charge in [0.25, 0.3) is 0 Å². The molecule has 0 atom stereocenters. The molecule has 0 spiro atoms. The molecule has 0 saturated heterocycles. The average molecular weight is 236 g/mol. The maximum absolute atomic E-state index is 5.60. The van der Waals surface area contributed by atoms with Crippen LogP contribution < -0.4 is 5.32 Å². The highest BCUT2D eigenvalue weighted by molar-refractivity contribution is 5.42. The second-order valence-electron chi connectivity index (χ2n) is 4.70. The van der Waals surface area contributed by atoms with Gasteiger partial charge in [0.05, 0.1) is 12.3 Å². The number of anilines is 1. The number of nitrogens with zero attached hydrogens (tertiary/aromatic N) is 1. The van der Waals surface area contributed by atoms with Crippen LogP contribution in [0.5, 0.6) is 0 Å². The fourth-order valence-corrected chi connectivity index (χ4v) is 1.43. The Kier molecular flexibility index (Phi) is 6.63. The van der Waals surface area contributed by atoms with E-state index < -0.39 is 0 Å². The number of nitrogens with one attached hydrogen (secondary N) is 1. The van der Waals surface area contributed by atoms with E-state index in [2.05, 4.69) is 37.1 Å². The van der Waals surface area contributed by atoms with Gasteiger partial charge in [-0.05, 0) is 30.9 Å². The molecule has 0 aromatic carbocycles. The van der Waals surface area contributed by atoms with Gasteiger partial charge in [0.1, 0.15) is 0 Å². The van der Waals surface area contributed by atoms with Crippen LogP contribution in [0.25, 0.3) is 0 Å². The van der Waals surface area contributed by atoms with Crippen molar-refractivity contribution in [2.75, 3.05) is 18.5 Å². The predicted octanol–water partition coefficient (Wildman–Crippen LogP) is 3.47. The molecule has 1 heterocycles. The topological polar surface area (TPSA) is 34.2 Å². The van der Waals surface area contributed by atoms with Crippen molar-refractivity contribution in [3.8, 4) is 0 Å². The molecule has 0 aliphatic carbocycles. The van der Waals surface area contributed by atoms with E-state index in [1.807, 2.05) is 12.3 Å². The number of rotatable bonds is 8. The lowest BCUT2D eigenvalue weighted by Crippen LogP contribution is -2.03. The molecular weight excluding hydrogens is 212 g/mol. The summed E-state index contributed by atoms with van der Waals surface area (Å²) in [7, 11) is 0. The Labute approximate surface area is 105 Å². The third-order valence-corrected chi connectivity index (χ3v) is 2.49. The minimum Gasteiger partial charge on any atom is -0.385 e. The van der Waals surface area contributed by atoms with Crippen molar-refractivity contribution in [2.45, 2.75) is 40.2 Å². The molecule has 3 nitrogen and oxygen atoms in total. The molecule has 0 bridgehead atoms. The third kappa shape index (κ3) is 6.27. The minimum atomic E-state index is 0.606. The Bertz CT molecular complexity index is 313. The van der Waals surface area contributed by atoms with Gasteiger partial charge in [0.15, 0.2) is 0 Å². The van der Waals surface area contributed by atoms with Gasteiger partial charge in [-0.1, -0.05) is 20.8 Å². The quantitative estimate of drug-likeness (QED) is 0.702. The van der Waals surface area contributed by atoms with E-state index in [1.54, 1.807) is 0 Å². The summed E-state index contributed by atoms with van der Waals surface area (Å²) in [5, 5.41) is 3.35. The van der Waals surface area contributed by atoms with Crippen molar-refractivity contribution < 1.29 is 4.74 Å².